The summed E-state index contributed by atoms with van der Waals surface area (Å²) in [6.45, 7) is 4.16. The molecule has 2 N–H and O–H groups in total. The van der Waals surface area contributed by atoms with Gasteiger partial charge in [0.15, 0.2) is 0 Å². The number of aliphatic hydroxyl groups excluding tert-OH is 1. The fourth-order valence-electron chi connectivity index (χ4n) is 1.42. The molecular formula is C8H15NO2. The van der Waals surface area contributed by atoms with E-state index in [9.17, 15) is 9.90 Å². The Morgan fingerprint density at radius 2 is 2.36 bits per heavy atom. The fraction of sp³-hybridized carbons (Fsp3) is 0.875. The smallest absolute Gasteiger partial charge is 0.222 e. The van der Waals surface area contributed by atoms with E-state index in [1.165, 1.54) is 0 Å². The Balaban J connectivity index is 2.40. The van der Waals surface area contributed by atoms with Crippen molar-refractivity contribution in [2.24, 2.45) is 5.92 Å². The summed E-state index contributed by atoms with van der Waals surface area (Å²) < 4.78 is 0. The Hall–Kier alpha value is -0.570. The van der Waals surface area contributed by atoms with Crippen LogP contribution in [0, 0.1) is 5.92 Å². The maximum absolute atomic E-state index is 10.8. The SMILES string of the molecule is CC(C)CC1NC(=O)CC1O. The first-order chi connectivity index (χ1) is 5.09. The van der Waals surface area contributed by atoms with Crippen molar-refractivity contribution in [1.29, 1.82) is 0 Å². The highest BCUT2D eigenvalue weighted by Gasteiger charge is 2.30. The second kappa shape index (κ2) is 3.22. The molecule has 64 valence electrons. The second-order valence-corrected chi connectivity index (χ2v) is 3.58. The summed E-state index contributed by atoms with van der Waals surface area (Å²) in [5.41, 5.74) is 0. The maximum atomic E-state index is 10.8. The molecule has 0 spiro atoms. The maximum Gasteiger partial charge on any atom is 0.222 e. The lowest BCUT2D eigenvalue weighted by atomic mass is 10.0. The van der Waals surface area contributed by atoms with Gasteiger partial charge in [-0.3, -0.25) is 4.79 Å². The van der Waals surface area contributed by atoms with Gasteiger partial charge in [0.25, 0.3) is 0 Å². The zero-order chi connectivity index (χ0) is 8.43. The molecule has 0 radical (unpaired) electrons. The number of amides is 1. The van der Waals surface area contributed by atoms with Crippen LogP contribution in [0.15, 0.2) is 0 Å². The molecule has 0 aromatic carbocycles. The van der Waals surface area contributed by atoms with Crippen molar-refractivity contribution >= 4 is 5.91 Å². The molecule has 0 aliphatic carbocycles. The lowest BCUT2D eigenvalue weighted by molar-refractivity contribution is -0.119. The summed E-state index contributed by atoms with van der Waals surface area (Å²) in [5.74, 6) is 0.496. The van der Waals surface area contributed by atoms with Crippen LogP contribution in [0.2, 0.25) is 0 Å². The van der Waals surface area contributed by atoms with Crippen LogP contribution in [0.3, 0.4) is 0 Å². The van der Waals surface area contributed by atoms with E-state index in [-0.39, 0.29) is 18.4 Å². The molecule has 2 atom stereocenters. The van der Waals surface area contributed by atoms with E-state index < -0.39 is 6.10 Å². The Morgan fingerprint density at radius 3 is 2.73 bits per heavy atom. The lowest BCUT2D eigenvalue weighted by Gasteiger charge is -2.15. The Morgan fingerprint density at radius 1 is 1.73 bits per heavy atom. The minimum atomic E-state index is -0.468. The van der Waals surface area contributed by atoms with E-state index >= 15 is 0 Å². The van der Waals surface area contributed by atoms with Gasteiger partial charge in [-0.05, 0) is 12.3 Å². The van der Waals surface area contributed by atoms with Crippen LogP contribution in [-0.4, -0.2) is 23.2 Å². The van der Waals surface area contributed by atoms with Crippen LogP contribution in [0.4, 0.5) is 0 Å². The number of hydrogen-bond donors (Lipinski definition) is 2. The standard InChI is InChI=1S/C8H15NO2/c1-5(2)3-6-7(10)4-8(11)9-6/h5-7,10H,3-4H2,1-2H3,(H,9,11). The molecule has 0 aromatic heterocycles. The molecule has 1 saturated heterocycles. The molecule has 0 aromatic rings. The summed E-state index contributed by atoms with van der Waals surface area (Å²) >= 11 is 0. The first kappa shape index (κ1) is 8.53. The monoisotopic (exact) mass is 157 g/mol. The first-order valence-electron chi connectivity index (χ1n) is 4.07. The molecule has 0 saturated carbocycles. The van der Waals surface area contributed by atoms with E-state index in [4.69, 9.17) is 0 Å². The summed E-state index contributed by atoms with van der Waals surface area (Å²) in [6, 6.07) is -0.0116. The Kier molecular flexibility index (Phi) is 2.49. The third-order valence-corrected chi connectivity index (χ3v) is 1.93. The van der Waals surface area contributed by atoms with Gasteiger partial charge in [-0.2, -0.15) is 0 Å². The molecule has 2 unspecified atom stereocenters. The van der Waals surface area contributed by atoms with Gasteiger partial charge in [0, 0.05) is 0 Å². The van der Waals surface area contributed by atoms with E-state index in [2.05, 4.69) is 19.2 Å². The van der Waals surface area contributed by atoms with Crippen molar-refractivity contribution in [1.82, 2.24) is 5.32 Å². The van der Waals surface area contributed by atoms with E-state index in [0.717, 1.165) is 6.42 Å². The van der Waals surface area contributed by atoms with Crippen molar-refractivity contribution < 1.29 is 9.90 Å². The second-order valence-electron chi connectivity index (χ2n) is 3.58. The minimum Gasteiger partial charge on any atom is -0.390 e. The molecule has 3 heteroatoms. The van der Waals surface area contributed by atoms with Crippen LogP contribution >= 0.6 is 0 Å². The van der Waals surface area contributed by atoms with Gasteiger partial charge in [0.1, 0.15) is 0 Å². The molecule has 1 heterocycles. The van der Waals surface area contributed by atoms with Crippen LogP contribution in [-0.2, 0) is 4.79 Å². The topological polar surface area (TPSA) is 49.3 Å². The number of aliphatic hydroxyl groups is 1. The zero-order valence-electron chi connectivity index (χ0n) is 7.00. The van der Waals surface area contributed by atoms with E-state index in [1.807, 2.05) is 0 Å². The summed E-state index contributed by atoms with van der Waals surface area (Å²) in [7, 11) is 0. The summed E-state index contributed by atoms with van der Waals surface area (Å²) in [4.78, 5) is 10.8. The highest BCUT2D eigenvalue weighted by molar-refractivity contribution is 5.79. The molecule has 1 aliphatic rings. The van der Waals surface area contributed by atoms with Crippen molar-refractivity contribution in [2.45, 2.75) is 38.8 Å². The third kappa shape index (κ3) is 2.19. The van der Waals surface area contributed by atoms with Crippen LogP contribution in [0.5, 0.6) is 0 Å². The largest absolute Gasteiger partial charge is 0.390 e. The highest BCUT2D eigenvalue weighted by atomic mass is 16.3. The van der Waals surface area contributed by atoms with E-state index in [1.54, 1.807) is 0 Å². The molecule has 1 amide bonds. The lowest BCUT2D eigenvalue weighted by Crippen LogP contribution is -2.32. The molecule has 0 bridgehead atoms. The fourth-order valence-corrected chi connectivity index (χ4v) is 1.42. The number of nitrogens with one attached hydrogen (secondary N) is 1. The number of rotatable bonds is 2. The first-order valence-corrected chi connectivity index (χ1v) is 4.07. The number of carbonyl (C=O) groups excluding carboxylic acids is 1. The van der Waals surface area contributed by atoms with Crippen LogP contribution < -0.4 is 5.32 Å². The highest BCUT2D eigenvalue weighted by Crippen LogP contribution is 2.15. The third-order valence-electron chi connectivity index (χ3n) is 1.93. The predicted molar refractivity (Wildman–Crippen MR) is 42.0 cm³/mol. The Labute approximate surface area is 66.8 Å². The van der Waals surface area contributed by atoms with Gasteiger partial charge in [-0.15, -0.1) is 0 Å². The van der Waals surface area contributed by atoms with E-state index in [0.29, 0.717) is 5.92 Å². The molecule has 1 aliphatic heterocycles. The average molecular weight is 157 g/mol. The molecule has 1 rings (SSSR count). The van der Waals surface area contributed by atoms with Gasteiger partial charge in [0.05, 0.1) is 18.6 Å². The van der Waals surface area contributed by atoms with Crippen molar-refractivity contribution in [3.8, 4) is 0 Å². The van der Waals surface area contributed by atoms with Crippen molar-refractivity contribution in [2.75, 3.05) is 0 Å². The van der Waals surface area contributed by atoms with Crippen LogP contribution in [0.25, 0.3) is 0 Å². The normalized spacial score (nSPS) is 31.1. The van der Waals surface area contributed by atoms with Crippen molar-refractivity contribution in [3.05, 3.63) is 0 Å². The van der Waals surface area contributed by atoms with Gasteiger partial charge in [0.2, 0.25) is 5.91 Å². The Bertz CT molecular complexity index is 156. The van der Waals surface area contributed by atoms with Gasteiger partial charge < -0.3 is 10.4 Å². The average Bonchev–Trinajstić information content (AvgIpc) is 2.09. The molecular weight excluding hydrogens is 142 g/mol. The zero-order valence-corrected chi connectivity index (χ0v) is 7.00. The molecule has 3 nitrogen and oxygen atoms in total. The summed E-state index contributed by atoms with van der Waals surface area (Å²) in [6.07, 6.45) is 0.675. The predicted octanol–water partition coefficient (Wildman–Crippen LogP) is 0.282. The van der Waals surface area contributed by atoms with Gasteiger partial charge in [-0.25, -0.2) is 0 Å². The molecule has 1 fully saturated rings. The van der Waals surface area contributed by atoms with Crippen molar-refractivity contribution in [3.63, 3.8) is 0 Å². The number of carbonyl (C=O) groups is 1. The molecule has 11 heavy (non-hydrogen) atoms. The summed E-state index contributed by atoms with van der Waals surface area (Å²) in [5, 5.41) is 12.1. The van der Waals surface area contributed by atoms with Gasteiger partial charge >= 0.3 is 0 Å². The number of hydrogen-bond acceptors (Lipinski definition) is 2. The van der Waals surface area contributed by atoms with Gasteiger partial charge in [-0.1, -0.05) is 13.8 Å². The minimum absolute atomic E-state index is 0.0116. The quantitative estimate of drug-likeness (QED) is 0.605. The van der Waals surface area contributed by atoms with Crippen LogP contribution in [0.1, 0.15) is 26.7 Å².